The Morgan fingerprint density at radius 2 is 1.77 bits per heavy atom. The average molecular weight is 364 g/mol. The van der Waals surface area contributed by atoms with E-state index in [2.05, 4.69) is 30.9 Å². The van der Waals surface area contributed by atoms with Gasteiger partial charge in [0.25, 0.3) is 0 Å². The third kappa shape index (κ3) is 2.89. The quantitative estimate of drug-likeness (QED) is 0.639. The second kappa shape index (κ2) is 7.20. The molecule has 4 rings (SSSR count). The summed E-state index contributed by atoms with van der Waals surface area (Å²) in [4.78, 5) is 4.44. The molecule has 4 unspecified atom stereocenters. The number of hydrogen-bond donors (Lipinski definition) is 1. The van der Waals surface area contributed by atoms with Crippen LogP contribution in [0.2, 0.25) is 0 Å². The monoisotopic (exact) mass is 363 g/mol. The van der Waals surface area contributed by atoms with Gasteiger partial charge in [-0.15, -0.1) is 0 Å². The Balaban J connectivity index is 1.49. The maximum atomic E-state index is 13.1. The number of nitrogens with two attached hydrogens (primary N) is 1. The fourth-order valence-electron chi connectivity index (χ4n) is 7.95. The van der Waals surface area contributed by atoms with Crippen molar-refractivity contribution >= 4 is 0 Å². The summed E-state index contributed by atoms with van der Waals surface area (Å²) in [5.41, 5.74) is 6.23. The summed E-state index contributed by atoms with van der Waals surface area (Å²) in [5.74, 6) is 3.98. The van der Waals surface area contributed by atoms with Crippen LogP contribution in [0.3, 0.4) is 0 Å². The van der Waals surface area contributed by atoms with Crippen molar-refractivity contribution < 1.29 is 9.47 Å². The molecule has 0 bridgehead atoms. The molecule has 2 N–H and O–H groups in total. The average Bonchev–Trinajstić information content (AvgIpc) is 2.98. The molecule has 4 aliphatic carbocycles. The summed E-state index contributed by atoms with van der Waals surface area (Å²) in [6, 6.07) is 0. The van der Waals surface area contributed by atoms with Gasteiger partial charge in [-0.25, -0.2) is 0 Å². The lowest BCUT2D eigenvalue weighted by Crippen LogP contribution is -2.54. The van der Waals surface area contributed by atoms with E-state index >= 15 is 0 Å². The maximum absolute atomic E-state index is 13.1. The number of allylic oxidation sites excluding steroid dienone is 1. The minimum absolute atomic E-state index is 0.0846. The highest BCUT2D eigenvalue weighted by molar-refractivity contribution is 5.10. The highest BCUT2D eigenvalue weighted by Gasteiger charge is 2.60. The predicted molar refractivity (Wildman–Crippen MR) is 104 cm³/mol. The topological polar surface area (TPSA) is 35.2 Å². The van der Waals surface area contributed by atoms with Gasteiger partial charge >= 0.3 is 0 Å². The summed E-state index contributed by atoms with van der Waals surface area (Å²) in [7, 11) is 0. The lowest BCUT2D eigenvalue weighted by atomic mass is 9.44. The Morgan fingerprint density at radius 1 is 1.00 bits per heavy atom. The van der Waals surface area contributed by atoms with Gasteiger partial charge in [0, 0.05) is 5.41 Å². The second-order valence-electron chi connectivity index (χ2n) is 10.4. The molecule has 2 nitrogen and oxygen atoms in total. The Labute approximate surface area is 159 Å². The second-order valence-corrected chi connectivity index (χ2v) is 10.4. The van der Waals surface area contributed by atoms with Crippen LogP contribution in [0.15, 0.2) is 12.2 Å². The van der Waals surface area contributed by atoms with Gasteiger partial charge < -0.3 is 5.73 Å². The molecule has 4 saturated carbocycles. The molecule has 3 heteroatoms. The molecule has 0 aromatic heterocycles. The van der Waals surface area contributed by atoms with Crippen LogP contribution >= 0.6 is 0 Å². The molecular weight excluding hydrogens is 325 g/mol. The van der Waals surface area contributed by atoms with Crippen LogP contribution < -0.4 is 5.73 Å². The van der Waals surface area contributed by atoms with E-state index in [0.29, 0.717) is 11.3 Å². The van der Waals surface area contributed by atoms with Crippen molar-refractivity contribution in [2.45, 2.75) is 84.2 Å². The molecule has 4 fully saturated rings. The van der Waals surface area contributed by atoms with E-state index in [0.717, 1.165) is 49.5 Å². The van der Waals surface area contributed by atoms with E-state index in [-0.39, 0.29) is 11.5 Å². The van der Waals surface area contributed by atoms with Crippen molar-refractivity contribution in [2.75, 3.05) is 6.54 Å². The van der Waals surface area contributed by atoms with Crippen LogP contribution in [0.4, 0.5) is 4.53 Å². The summed E-state index contributed by atoms with van der Waals surface area (Å²) < 4.78 is 13.1. The van der Waals surface area contributed by atoms with E-state index < -0.39 is 0 Å². The minimum atomic E-state index is -0.151. The van der Waals surface area contributed by atoms with Gasteiger partial charge in [0.05, 0.1) is 0 Å². The number of hydrogen-bond acceptors (Lipinski definition) is 2. The molecule has 26 heavy (non-hydrogen) atoms. The lowest BCUT2D eigenvalue weighted by Gasteiger charge is -2.60. The molecule has 0 aliphatic heterocycles. The molecule has 0 saturated heterocycles. The van der Waals surface area contributed by atoms with Crippen molar-refractivity contribution in [1.82, 2.24) is 0 Å². The first-order valence-corrected chi connectivity index (χ1v) is 11.2. The van der Waals surface area contributed by atoms with E-state index in [4.69, 9.17) is 5.73 Å². The fourth-order valence-corrected chi connectivity index (χ4v) is 7.95. The highest BCUT2D eigenvalue weighted by Crippen LogP contribution is 2.67. The Hall–Kier alpha value is -0.410. The van der Waals surface area contributed by atoms with Gasteiger partial charge in [-0.3, -0.25) is 0 Å². The third-order valence-corrected chi connectivity index (χ3v) is 9.47. The van der Waals surface area contributed by atoms with Crippen LogP contribution in [0.1, 0.15) is 78.1 Å². The van der Waals surface area contributed by atoms with Crippen molar-refractivity contribution in [3.8, 4) is 0 Å². The highest BCUT2D eigenvalue weighted by atomic mass is 19.3. The van der Waals surface area contributed by atoms with Crippen molar-refractivity contribution in [1.29, 1.82) is 0 Å². The fraction of sp³-hybridized carbons (Fsp3) is 0.913. The van der Waals surface area contributed by atoms with Crippen molar-refractivity contribution in [3.63, 3.8) is 0 Å². The SMILES string of the molecule is C[C@]12CC[C@H](/C=C/CCN)CC1CCC1C2CC[C@@]2(C)C1CC[C@@H]2OF. The summed E-state index contributed by atoms with van der Waals surface area (Å²) in [6.45, 7) is 5.69. The summed E-state index contributed by atoms with van der Waals surface area (Å²) >= 11 is 0. The number of fused-ring (bicyclic) bond motifs is 5. The first-order chi connectivity index (χ1) is 12.5. The van der Waals surface area contributed by atoms with Gasteiger partial charge in [-0.2, -0.15) is 4.94 Å². The Morgan fingerprint density at radius 3 is 2.54 bits per heavy atom. The molecular formula is C23H38FNO. The van der Waals surface area contributed by atoms with Crippen molar-refractivity contribution in [2.24, 2.45) is 46.2 Å². The molecule has 0 radical (unpaired) electrons. The molecule has 0 heterocycles. The summed E-state index contributed by atoms with van der Waals surface area (Å²) in [5, 5.41) is 0. The van der Waals surface area contributed by atoms with E-state index in [9.17, 15) is 4.53 Å². The minimum Gasteiger partial charge on any atom is -0.330 e. The zero-order valence-electron chi connectivity index (χ0n) is 16.8. The number of rotatable bonds is 4. The van der Waals surface area contributed by atoms with Crippen LogP contribution in [-0.4, -0.2) is 12.6 Å². The van der Waals surface area contributed by atoms with Gasteiger partial charge in [-0.1, -0.05) is 26.0 Å². The lowest BCUT2D eigenvalue weighted by molar-refractivity contribution is -0.225. The molecule has 8 atom stereocenters. The van der Waals surface area contributed by atoms with Gasteiger partial charge in [0.15, 0.2) is 0 Å². The van der Waals surface area contributed by atoms with E-state index in [1.165, 1.54) is 44.9 Å². The molecule has 0 aromatic rings. The third-order valence-electron chi connectivity index (χ3n) is 9.47. The Bertz CT molecular complexity index is 536. The van der Waals surface area contributed by atoms with Gasteiger partial charge in [0.1, 0.15) is 6.10 Å². The Kier molecular flexibility index (Phi) is 5.24. The largest absolute Gasteiger partial charge is 0.330 e. The van der Waals surface area contributed by atoms with Crippen LogP contribution in [0.25, 0.3) is 0 Å². The molecule has 148 valence electrons. The molecule has 4 aliphatic rings. The normalized spacial score (nSPS) is 51.1. The van der Waals surface area contributed by atoms with Crippen LogP contribution in [0.5, 0.6) is 0 Å². The molecule has 0 amide bonds. The van der Waals surface area contributed by atoms with E-state index in [1.807, 2.05) is 0 Å². The summed E-state index contributed by atoms with van der Waals surface area (Å²) in [6.07, 6.45) is 17.0. The first-order valence-electron chi connectivity index (χ1n) is 11.2. The van der Waals surface area contributed by atoms with Gasteiger partial charge in [0.2, 0.25) is 0 Å². The van der Waals surface area contributed by atoms with Gasteiger partial charge in [-0.05, 0) is 110 Å². The van der Waals surface area contributed by atoms with Crippen LogP contribution in [0, 0.1) is 40.4 Å². The van der Waals surface area contributed by atoms with E-state index in [1.54, 1.807) is 0 Å². The maximum Gasteiger partial charge on any atom is 0.104 e. The molecule has 0 aromatic carbocycles. The zero-order chi connectivity index (χ0) is 18.4. The standard InChI is InChI=1S/C23H38FNO/c1-22-12-10-16(5-3-4-14-25)15-17(22)6-7-18-19-8-9-21(26-24)23(19,2)13-11-20(18)22/h3,5,16-21H,4,6-15,25H2,1-2H3/b5-3+/t16-,17?,18?,19?,20?,21-,22-,23-/m0/s1. The predicted octanol–water partition coefficient (Wildman–Crippen LogP) is 5.82. The van der Waals surface area contributed by atoms with Crippen LogP contribution in [-0.2, 0) is 4.94 Å². The molecule has 0 spiro atoms. The van der Waals surface area contributed by atoms with Crippen molar-refractivity contribution in [3.05, 3.63) is 12.2 Å². The zero-order valence-corrected chi connectivity index (χ0v) is 16.8. The first kappa shape index (κ1) is 18.9. The number of halogens is 1. The smallest absolute Gasteiger partial charge is 0.104 e.